The summed E-state index contributed by atoms with van der Waals surface area (Å²) in [4.78, 5) is 28.0. The van der Waals surface area contributed by atoms with Crippen LogP contribution in [0.2, 0.25) is 0 Å². The minimum atomic E-state index is -1.19. The monoisotopic (exact) mass is 396 g/mol. The van der Waals surface area contributed by atoms with E-state index in [0.29, 0.717) is 18.0 Å². The number of benzene rings is 2. The molecule has 1 aliphatic rings. The van der Waals surface area contributed by atoms with Crippen molar-refractivity contribution >= 4 is 17.5 Å². The van der Waals surface area contributed by atoms with E-state index in [4.69, 9.17) is 9.47 Å². The molecule has 0 saturated carbocycles. The number of rotatable bonds is 6. The number of para-hydroxylation sites is 1. The van der Waals surface area contributed by atoms with Gasteiger partial charge in [0.1, 0.15) is 5.41 Å². The van der Waals surface area contributed by atoms with Gasteiger partial charge in [-0.1, -0.05) is 24.3 Å². The molecule has 1 heterocycles. The Morgan fingerprint density at radius 2 is 1.79 bits per heavy atom. The predicted molar refractivity (Wildman–Crippen MR) is 112 cm³/mol. The van der Waals surface area contributed by atoms with Gasteiger partial charge in [-0.3, -0.25) is 9.59 Å². The summed E-state index contributed by atoms with van der Waals surface area (Å²) in [6.45, 7) is 5.65. The van der Waals surface area contributed by atoms with Gasteiger partial charge in [-0.25, -0.2) is 0 Å². The second-order valence-electron chi connectivity index (χ2n) is 7.85. The van der Waals surface area contributed by atoms with Crippen LogP contribution in [0.15, 0.2) is 42.5 Å². The Morgan fingerprint density at radius 3 is 2.48 bits per heavy atom. The highest BCUT2D eigenvalue weighted by Gasteiger charge is 2.43. The molecule has 154 valence electrons. The van der Waals surface area contributed by atoms with E-state index in [1.807, 2.05) is 43.3 Å². The van der Waals surface area contributed by atoms with Crippen LogP contribution in [0.1, 0.15) is 31.9 Å². The second kappa shape index (κ2) is 8.15. The van der Waals surface area contributed by atoms with Crippen LogP contribution >= 0.6 is 0 Å². The third kappa shape index (κ3) is 3.92. The van der Waals surface area contributed by atoms with Crippen molar-refractivity contribution in [3.63, 3.8) is 0 Å². The third-order valence-corrected chi connectivity index (χ3v) is 5.43. The molecule has 0 fully saturated rings. The number of methoxy groups -OCH3 is 2. The zero-order valence-electron chi connectivity index (χ0n) is 17.6. The Kier molecular flexibility index (Phi) is 5.82. The third-order valence-electron chi connectivity index (χ3n) is 5.43. The van der Waals surface area contributed by atoms with Crippen LogP contribution in [0.5, 0.6) is 11.5 Å². The molecule has 0 aliphatic carbocycles. The molecule has 0 aromatic heterocycles. The summed E-state index contributed by atoms with van der Waals surface area (Å²) in [5, 5.41) is 2.89. The maximum atomic E-state index is 13.3. The zero-order chi connectivity index (χ0) is 21.2. The fourth-order valence-electron chi connectivity index (χ4n) is 3.67. The molecule has 1 atom stereocenters. The lowest BCUT2D eigenvalue weighted by Crippen LogP contribution is -2.51. The highest BCUT2D eigenvalue weighted by Crippen LogP contribution is 2.35. The van der Waals surface area contributed by atoms with Gasteiger partial charge in [0.15, 0.2) is 11.5 Å². The van der Waals surface area contributed by atoms with Crippen molar-refractivity contribution < 1.29 is 19.1 Å². The lowest BCUT2D eigenvalue weighted by atomic mass is 9.89. The number of nitrogens with zero attached hydrogens (tertiary/aromatic N) is 1. The van der Waals surface area contributed by atoms with Gasteiger partial charge >= 0.3 is 0 Å². The number of anilines is 1. The molecule has 2 aromatic carbocycles. The van der Waals surface area contributed by atoms with E-state index in [0.717, 1.165) is 23.2 Å². The molecule has 6 nitrogen and oxygen atoms in total. The van der Waals surface area contributed by atoms with E-state index < -0.39 is 5.41 Å². The Hall–Kier alpha value is -3.02. The van der Waals surface area contributed by atoms with Crippen molar-refractivity contribution in [2.45, 2.75) is 39.8 Å². The highest BCUT2D eigenvalue weighted by molar-refractivity contribution is 6.12. The first kappa shape index (κ1) is 20.7. The van der Waals surface area contributed by atoms with Crippen LogP contribution in [-0.4, -0.2) is 32.1 Å². The number of amides is 2. The molecular formula is C23H28N2O4. The molecule has 1 unspecified atom stereocenters. The van der Waals surface area contributed by atoms with Gasteiger partial charge in [0.2, 0.25) is 11.8 Å². The largest absolute Gasteiger partial charge is 0.493 e. The molecule has 1 aliphatic heterocycles. The van der Waals surface area contributed by atoms with E-state index in [-0.39, 0.29) is 17.9 Å². The summed E-state index contributed by atoms with van der Waals surface area (Å²) in [6, 6.07) is 13.3. The lowest BCUT2D eigenvalue weighted by molar-refractivity contribution is -0.140. The van der Waals surface area contributed by atoms with Gasteiger partial charge in [0, 0.05) is 18.3 Å². The minimum absolute atomic E-state index is 0.0258. The lowest BCUT2D eigenvalue weighted by Gasteiger charge is -2.31. The highest BCUT2D eigenvalue weighted by atomic mass is 16.5. The summed E-state index contributed by atoms with van der Waals surface area (Å²) in [5.41, 5.74) is 1.70. The van der Waals surface area contributed by atoms with E-state index in [2.05, 4.69) is 5.32 Å². The maximum absolute atomic E-state index is 13.3. The number of nitrogens with one attached hydrogen (secondary N) is 1. The van der Waals surface area contributed by atoms with Crippen molar-refractivity contribution in [2.75, 3.05) is 19.1 Å². The summed E-state index contributed by atoms with van der Waals surface area (Å²) in [6.07, 6.45) is 0.797. The fraction of sp³-hybridized carbons (Fsp3) is 0.391. The van der Waals surface area contributed by atoms with Crippen molar-refractivity contribution in [3.05, 3.63) is 53.6 Å². The Labute approximate surface area is 171 Å². The molecule has 0 radical (unpaired) electrons. The van der Waals surface area contributed by atoms with Crippen LogP contribution in [0, 0.1) is 5.41 Å². The summed E-state index contributed by atoms with van der Waals surface area (Å²) < 4.78 is 10.5. The topological polar surface area (TPSA) is 67.9 Å². The molecule has 3 rings (SSSR count). The van der Waals surface area contributed by atoms with Crippen LogP contribution in [0.25, 0.3) is 0 Å². The maximum Gasteiger partial charge on any atom is 0.242 e. The average Bonchev–Trinajstić information content (AvgIpc) is 3.06. The molecule has 6 heteroatoms. The van der Waals surface area contributed by atoms with E-state index >= 15 is 0 Å². The van der Waals surface area contributed by atoms with Gasteiger partial charge in [-0.05, 0) is 56.5 Å². The van der Waals surface area contributed by atoms with E-state index in [9.17, 15) is 9.59 Å². The van der Waals surface area contributed by atoms with Crippen molar-refractivity contribution in [1.82, 2.24) is 5.32 Å². The first-order chi connectivity index (χ1) is 13.8. The Bertz CT molecular complexity index is 923. The Morgan fingerprint density at radius 1 is 1.10 bits per heavy atom. The number of hydrogen-bond donors (Lipinski definition) is 1. The standard InChI is InChI=1S/C23H28N2O4/c1-15-12-17-8-6-7-9-18(17)25(15)22(27)23(2,3)21(26)24-14-16-10-11-19(28-4)20(13-16)29-5/h6-11,13,15H,12,14H2,1-5H3,(H,24,26). The second-order valence-corrected chi connectivity index (χ2v) is 7.85. The number of carbonyl (C=O) groups excluding carboxylic acids is 2. The smallest absolute Gasteiger partial charge is 0.242 e. The Balaban J connectivity index is 1.72. The van der Waals surface area contributed by atoms with E-state index in [1.54, 1.807) is 39.0 Å². The number of carbonyl (C=O) groups is 2. The fourth-order valence-corrected chi connectivity index (χ4v) is 3.67. The first-order valence-electron chi connectivity index (χ1n) is 9.70. The summed E-state index contributed by atoms with van der Waals surface area (Å²) >= 11 is 0. The van der Waals surface area contributed by atoms with Gasteiger partial charge in [-0.2, -0.15) is 0 Å². The van der Waals surface area contributed by atoms with Crippen LogP contribution in [0.3, 0.4) is 0 Å². The normalized spacial score (nSPS) is 15.6. The first-order valence-corrected chi connectivity index (χ1v) is 9.70. The van der Waals surface area contributed by atoms with Gasteiger partial charge < -0.3 is 19.7 Å². The number of fused-ring (bicyclic) bond motifs is 1. The molecule has 1 N–H and O–H groups in total. The van der Waals surface area contributed by atoms with Crippen molar-refractivity contribution in [1.29, 1.82) is 0 Å². The summed E-state index contributed by atoms with van der Waals surface area (Å²) in [5.74, 6) is 0.713. The average molecular weight is 396 g/mol. The van der Waals surface area contributed by atoms with Gasteiger partial charge in [0.05, 0.1) is 14.2 Å². The van der Waals surface area contributed by atoms with E-state index in [1.165, 1.54) is 0 Å². The van der Waals surface area contributed by atoms with Gasteiger partial charge in [0.25, 0.3) is 0 Å². The number of ether oxygens (including phenoxy) is 2. The zero-order valence-corrected chi connectivity index (χ0v) is 17.6. The molecule has 29 heavy (non-hydrogen) atoms. The summed E-state index contributed by atoms with van der Waals surface area (Å²) in [7, 11) is 3.14. The SMILES string of the molecule is COc1ccc(CNC(=O)C(C)(C)C(=O)N2c3ccccc3CC2C)cc1OC. The van der Waals surface area contributed by atoms with Crippen molar-refractivity contribution in [2.24, 2.45) is 5.41 Å². The molecule has 2 amide bonds. The molecular weight excluding hydrogens is 368 g/mol. The van der Waals surface area contributed by atoms with Crippen molar-refractivity contribution in [3.8, 4) is 11.5 Å². The van der Waals surface area contributed by atoms with Crippen LogP contribution in [0.4, 0.5) is 5.69 Å². The van der Waals surface area contributed by atoms with Crippen LogP contribution < -0.4 is 19.7 Å². The van der Waals surface area contributed by atoms with Gasteiger partial charge in [-0.15, -0.1) is 0 Å². The van der Waals surface area contributed by atoms with Crippen LogP contribution in [-0.2, 0) is 22.6 Å². The minimum Gasteiger partial charge on any atom is -0.493 e. The number of hydrogen-bond acceptors (Lipinski definition) is 4. The molecule has 0 bridgehead atoms. The molecule has 2 aromatic rings. The predicted octanol–water partition coefficient (Wildman–Crippen LogP) is 3.32. The molecule has 0 spiro atoms. The molecule has 0 saturated heterocycles. The quantitative estimate of drug-likeness (QED) is 0.761.